The Morgan fingerprint density at radius 3 is 2.35 bits per heavy atom. The van der Waals surface area contributed by atoms with Gasteiger partial charge in [0.1, 0.15) is 4.90 Å². The second-order valence-electron chi connectivity index (χ2n) is 3.78. The second kappa shape index (κ2) is 3.75. The summed E-state index contributed by atoms with van der Waals surface area (Å²) in [6, 6.07) is 2.29. The van der Waals surface area contributed by atoms with Crippen LogP contribution < -0.4 is 11.1 Å². The number of anilines is 3. The third kappa shape index (κ3) is 3.30. The number of hydrogen-bond donors (Lipinski definition) is 3. The maximum atomic E-state index is 12.8. The first-order valence-electron chi connectivity index (χ1n) is 4.84. The number of nitrogens with one attached hydrogen (secondary N) is 2. The molecule has 4 N–H and O–H groups in total. The third-order valence-electron chi connectivity index (χ3n) is 2.11. The summed E-state index contributed by atoms with van der Waals surface area (Å²) in [5.74, 6) is -0.213. The molecule has 0 aliphatic heterocycles. The van der Waals surface area contributed by atoms with Gasteiger partial charge < -0.3 is 11.1 Å². The highest BCUT2D eigenvalue weighted by Gasteiger charge is 2.66. The van der Waals surface area contributed by atoms with Crippen molar-refractivity contribution in [2.45, 2.75) is 4.90 Å². The molecular formula is C8H7BrF5N5S. The monoisotopic (exact) mass is 379 g/mol. The lowest BCUT2D eigenvalue weighted by Gasteiger charge is -2.41. The SMILES string of the molecule is Nc1nc(Nc2ccc(Br)c(S(F)(F)(F)(F)F)c2)n[nH]1. The van der Waals surface area contributed by atoms with Crippen molar-refractivity contribution in [3.63, 3.8) is 0 Å². The minimum atomic E-state index is -9.79. The van der Waals surface area contributed by atoms with Crippen LogP contribution in [-0.4, -0.2) is 15.2 Å². The quantitative estimate of drug-likeness (QED) is 0.683. The van der Waals surface area contributed by atoms with Crippen LogP contribution in [0.3, 0.4) is 0 Å². The highest BCUT2D eigenvalue weighted by Crippen LogP contribution is 3.02. The van der Waals surface area contributed by atoms with Crippen LogP contribution in [-0.2, 0) is 0 Å². The Morgan fingerprint density at radius 2 is 1.85 bits per heavy atom. The van der Waals surface area contributed by atoms with Crippen molar-refractivity contribution in [3.8, 4) is 0 Å². The summed E-state index contributed by atoms with van der Waals surface area (Å²) in [7, 11) is -9.79. The fraction of sp³-hybridized carbons (Fsp3) is 0. The number of rotatable bonds is 3. The summed E-state index contributed by atoms with van der Waals surface area (Å²) in [5, 5.41) is 8.09. The van der Waals surface area contributed by atoms with Crippen molar-refractivity contribution in [3.05, 3.63) is 22.7 Å². The van der Waals surface area contributed by atoms with E-state index in [0.29, 0.717) is 0 Å². The molecule has 2 aromatic rings. The van der Waals surface area contributed by atoms with E-state index in [9.17, 15) is 19.4 Å². The zero-order valence-corrected chi connectivity index (χ0v) is 11.8. The smallest absolute Gasteiger partial charge is 0.311 e. The standard InChI is InChI=1S/C8H7BrF5N5S/c9-5-2-1-4(16-8-17-7(15)18-19-8)3-6(5)20(10,11,12,13)14/h1-3H,(H4,15,16,17,18,19). The van der Waals surface area contributed by atoms with Gasteiger partial charge in [0.05, 0.1) is 0 Å². The lowest BCUT2D eigenvalue weighted by Crippen LogP contribution is -2.07. The van der Waals surface area contributed by atoms with Gasteiger partial charge in [0.2, 0.25) is 11.9 Å². The fourth-order valence-corrected chi connectivity index (χ4v) is 3.29. The van der Waals surface area contributed by atoms with Gasteiger partial charge in [-0.2, -0.15) is 4.98 Å². The third-order valence-corrected chi connectivity index (χ3v) is 4.23. The van der Waals surface area contributed by atoms with Crippen LogP contribution in [0.25, 0.3) is 0 Å². The number of aromatic amines is 1. The molecule has 0 aliphatic rings. The Morgan fingerprint density at radius 1 is 1.20 bits per heavy atom. The predicted molar refractivity (Wildman–Crippen MR) is 69.6 cm³/mol. The van der Waals surface area contributed by atoms with E-state index in [1.54, 1.807) is 0 Å². The second-order valence-corrected chi connectivity index (χ2v) is 7.02. The molecule has 0 atom stereocenters. The molecule has 0 bridgehead atoms. The molecule has 0 aliphatic carbocycles. The molecule has 2 rings (SSSR count). The molecule has 0 amide bonds. The van der Waals surface area contributed by atoms with Crippen molar-refractivity contribution in [2.24, 2.45) is 0 Å². The van der Waals surface area contributed by atoms with Crippen LogP contribution >= 0.6 is 26.2 Å². The van der Waals surface area contributed by atoms with Gasteiger partial charge in [-0.3, -0.25) is 0 Å². The van der Waals surface area contributed by atoms with Crippen LogP contribution in [0.5, 0.6) is 0 Å². The number of hydrogen-bond acceptors (Lipinski definition) is 4. The van der Waals surface area contributed by atoms with E-state index in [-0.39, 0.29) is 23.7 Å². The molecule has 1 aromatic carbocycles. The molecule has 0 unspecified atom stereocenters. The van der Waals surface area contributed by atoms with E-state index in [4.69, 9.17) is 5.73 Å². The van der Waals surface area contributed by atoms with Crippen LogP contribution in [0, 0.1) is 0 Å². The summed E-state index contributed by atoms with van der Waals surface area (Å²) in [5.41, 5.74) is 4.97. The molecule has 0 spiro atoms. The Bertz CT molecular complexity index is 669. The first kappa shape index (κ1) is 14.8. The van der Waals surface area contributed by atoms with Crippen molar-refractivity contribution in [2.75, 3.05) is 11.1 Å². The molecular weight excluding hydrogens is 373 g/mol. The summed E-state index contributed by atoms with van der Waals surface area (Å²) in [4.78, 5) is 1.55. The summed E-state index contributed by atoms with van der Waals surface area (Å²) in [6.07, 6.45) is 0. The van der Waals surface area contributed by atoms with E-state index in [2.05, 4.69) is 36.4 Å². The molecule has 1 heterocycles. The van der Waals surface area contributed by atoms with E-state index in [0.717, 1.165) is 12.1 Å². The Hall–Kier alpha value is -1.56. The van der Waals surface area contributed by atoms with Gasteiger partial charge >= 0.3 is 10.2 Å². The summed E-state index contributed by atoms with van der Waals surface area (Å²) in [6.45, 7) is 0. The molecule has 5 nitrogen and oxygen atoms in total. The number of H-pyrrole nitrogens is 1. The average Bonchev–Trinajstić information content (AvgIpc) is 2.63. The largest absolute Gasteiger partial charge is 0.368 e. The van der Waals surface area contributed by atoms with Crippen molar-refractivity contribution >= 4 is 43.7 Å². The number of halogens is 6. The number of nitrogens with two attached hydrogens (primary N) is 1. The minimum absolute atomic E-state index is 0.0717. The van der Waals surface area contributed by atoms with Crippen LogP contribution in [0.2, 0.25) is 0 Å². The molecule has 0 fully saturated rings. The van der Waals surface area contributed by atoms with E-state index < -0.39 is 19.6 Å². The highest BCUT2D eigenvalue weighted by molar-refractivity contribution is 9.10. The lowest BCUT2D eigenvalue weighted by atomic mass is 10.3. The Kier molecular flexibility index (Phi) is 2.78. The van der Waals surface area contributed by atoms with Gasteiger partial charge in [-0.25, -0.2) is 5.10 Å². The summed E-state index contributed by atoms with van der Waals surface area (Å²) >= 11 is 2.47. The zero-order valence-electron chi connectivity index (χ0n) is 9.38. The van der Waals surface area contributed by atoms with E-state index in [1.807, 2.05) is 0 Å². The molecule has 0 saturated carbocycles. The maximum Gasteiger partial charge on any atom is 0.311 e. The highest BCUT2D eigenvalue weighted by atomic mass is 79.9. The Labute approximate surface area is 117 Å². The summed E-state index contributed by atoms with van der Waals surface area (Å²) < 4.78 is 63.3. The molecule has 112 valence electrons. The van der Waals surface area contributed by atoms with Crippen LogP contribution in [0.15, 0.2) is 27.6 Å². The predicted octanol–water partition coefficient (Wildman–Crippen LogP) is 4.55. The number of aromatic nitrogens is 3. The van der Waals surface area contributed by atoms with Crippen molar-refractivity contribution in [1.29, 1.82) is 0 Å². The Balaban J connectivity index is 2.45. The molecule has 20 heavy (non-hydrogen) atoms. The minimum Gasteiger partial charge on any atom is -0.368 e. The zero-order chi connectivity index (χ0) is 15.2. The molecule has 12 heteroatoms. The topological polar surface area (TPSA) is 79.6 Å². The van der Waals surface area contributed by atoms with E-state index >= 15 is 0 Å². The average molecular weight is 380 g/mol. The van der Waals surface area contributed by atoms with Gasteiger partial charge in [-0.15, -0.1) is 5.10 Å². The normalized spacial score (nSPS) is 15.5. The number of nitrogens with zero attached hydrogens (tertiary/aromatic N) is 2. The number of benzene rings is 1. The fourth-order valence-electron chi connectivity index (χ4n) is 1.34. The van der Waals surface area contributed by atoms with Crippen molar-refractivity contribution < 1.29 is 19.4 Å². The first-order chi connectivity index (χ1) is 8.85. The van der Waals surface area contributed by atoms with Gasteiger partial charge in [-0.05, 0) is 34.1 Å². The molecule has 0 saturated heterocycles. The lowest BCUT2D eigenvalue weighted by molar-refractivity contribution is 0.363. The molecule has 1 aromatic heterocycles. The van der Waals surface area contributed by atoms with Gasteiger partial charge in [0.15, 0.2) is 0 Å². The van der Waals surface area contributed by atoms with Gasteiger partial charge in [0.25, 0.3) is 0 Å². The van der Waals surface area contributed by atoms with Gasteiger partial charge in [0, 0.05) is 10.2 Å². The van der Waals surface area contributed by atoms with Crippen LogP contribution in [0.4, 0.5) is 37.0 Å². The van der Waals surface area contributed by atoms with E-state index in [1.165, 1.54) is 0 Å². The van der Waals surface area contributed by atoms with Crippen molar-refractivity contribution in [1.82, 2.24) is 15.2 Å². The maximum absolute atomic E-state index is 12.8. The van der Waals surface area contributed by atoms with Gasteiger partial charge in [-0.1, -0.05) is 19.4 Å². The molecule has 0 radical (unpaired) electrons. The first-order valence-corrected chi connectivity index (χ1v) is 7.58. The number of nitrogen functional groups attached to an aromatic ring is 1. The van der Waals surface area contributed by atoms with Crippen LogP contribution in [0.1, 0.15) is 0 Å².